The van der Waals surface area contributed by atoms with E-state index in [0.717, 1.165) is 24.5 Å². The van der Waals surface area contributed by atoms with Crippen LogP contribution in [-0.2, 0) is 13.1 Å². The Balaban J connectivity index is 1.75. The molecule has 2 aromatic heterocycles. The van der Waals surface area contributed by atoms with Crippen LogP contribution in [0, 0.1) is 0 Å². The van der Waals surface area contributed by atoms with Gasteiger partial charge in [-0.15, -0.1) is 0 Å². The predicted molar refractivity (Wildman–Crippen MR) is 104 cm³/mol. The second kappa shape index (κ2) is 7.37. The summed E-state index contributed by atoms with van der Waals surface area (Å²) in [4.78, 5) is 25.6. The van der Waals surface area contributed by atoms with Crippen molar-refractivity contribution >= 4 is 17.5 Å². The van der Waals surface area contributed by atoms with Gasteiger partial charge in [-0.2, -0.15) is 4.98 Å². The topological polar surface area (TPSA) is 80.3 Å². The minimum absolute atomic E-state index is 0.0949. The smallest absolute Gasteiger partial charge is 0.256 e. The highest BCUT2D eigenvalue weighted by atomic mass is 35.5. The minimum atomic E-state index is -0.0949. The fourth-order valence-corrected chi connectivity index (χ4v) is 3.54. The standard InChI is InChI=1S/C19H21ClN6O2/c1-4-25(5-2)10-16-22-18(23-28-16)17-15-9-24(3)19(27)13-8-12(20)6-7-14(13)26(15)11-21-17/h6-8,11H,4-5,9-10H2,1-3H3. The number of rotatable bonds is 5. The number of hydrogen-bond acceptors (Lipinski definition) is 6. The number of imidazole rings is 1. The molecule has 1 amide bonds. The quantitative estimate of drug-likeness (QED) is 0.655. The van der Waals surface area contributed by atoms with Crippen LogP contribution >= 0.6 is 11.6 Å². The molecule has 0 saturated carbocycles. The molecule has 4 rings (SSSR count). The Hall–Kier alpha value is -2.71. The van der Waals surface area contributed by atoms with Crippen LogP contribution in [0.1, 0.15) is 35.8 Å². The molecule has 1 aromatic carbocycles. The third-order valence-corrected chi connectivity index (χ3v) is 5.22. The zero-order valence-corrected chi connectivity index (χ0v) is 16.8. The molecule has 146 valence electrons. The van der Waals surface area contributed by atoms with Crippen molar-refractivity contribution in [2.45, 2.75) is 26.9 Å². The van der Waals surface area contributed by atoms with Crippen molar-refractivity contribution in [3.05, 3.63) is 46.7 Å². The van der Waals surface area contributed by atoms with Gasteiger partial charge in [0.25, 0.3) is 5.91 Å². The van der Waals surface area contributed by atoms with E-state index in [-0.39, 0.29) is 5.91 Å². The maximum Gasteiger partial charge on any atom is 0.256 e. The van der Waals surface area contributed by atoms with E-state index < -0.39 is 0 Å². The van der Waals surface area contributed by atoms with E-state index >= 15 is 0 Å². The highest BCUT2D eigenvalue weighted by Gasteiger charge is 2.28. The summed E-state index contributed by atoms with van der Waals surface area (Å²) < 4.78 is 7.32. The van der Waals surface area contributed by atoms with Gasteiger partial charge in [0.15, 0.2) is 0 Å². The first-order valence-electron chi connectivity index (χ1n) is 9.18. The minimum Gasteiger partial charge on any atom is -0.337 e. The first-order valence-corrected chi connectivity index (χ1v) is 9.56. The number of amides is 1. The van der Waals surface area contributed by atoms with Gasteiger partial charge in [0.05, 0.1) is 30.0 Å². The van der Waals surface area contributed by atoms with Gasteiger partial charge in [-0.05, 0) is 31.3 Å². The molecule has 0 radical (unpaired) electrons. The number of carbonyl (C=O) groups is 1. The van der Waals surface area contributed by atoms with E-state index in [1.807, 2.05) is 10.6 Å². The summed E-state index contributed by atoms with van der Waals surface area (Å²) in [5.41, 5.74) is 2.71. The Morgan fingerprint density at radius 2 is 2.07 bits per heavy atom. The summed E-state index contributed by atoms with van der Waals surface area (Å²) in [7, 11) is 1.75. The Morgan fingerprint density at radius 1 is 1.29 bits per heavy atom. The SMILES string of the molecule is CCN(CC)Cc1nc(-c2ncn3c2CN(C)C(=O)c2cc(Cl)ccc2-3)no1. The molecule has 28 heavy (non-hydrogen) atoms. The van der Waals surface area contributed by atoms with E-state index in [4.69, 9.17) is 16.1 Å². The van der Waals surface area contributed by atoms with Crippen molar-refractivity contribution in [2.24, 2.45) is 0 Å². The van der Waals surface area contributed by atoms with Crippen molar-refractivity contribution < 1.29 is 9.32 Å². The predicted octanol–water partition coefficient (Wildman–Crippen LogP) is 3.00. The first kappa shape index (κ1) is 18.6. The highest BCUT2D eigenvalue weighted by Crippen LogP contribution is 2.30. The average molecular weight is 401 g/mol. The maximum atomic E-state index is 12.8. The second-order valence-corrected chi connectivity index (χ2v) is 7.14. The summed E-state index contributed by atoms with van der Waals surface area (Å²) in [6.45, 7) is 6.95. The van der Waals surface area contributed by atoms with Gasteiger partial charge < -0.3 is 9.42 Å². The van der Waals surface area contributed by atoms with Crippen molar-refractivity contribution in [3.63, 3.8) is 0 Å². The lowest BCUT2D eigenvalue weighted by atomic mass is 10.1. The van der Waals surface area contributed by atoms with E-state index in [1.54, 1.807) is 30.4 Å². The Kier molecular flexibility index (Phi) is 4.91. The molecule has 9 heteroatoms. The maximum absolute atomic E-state index is 12.8. The van der Waals surface area contributed by atoms with E-state index in [1.165, 1.54) is 0 Å². The largest absolute Gasteiger partial charge is 0.337 e. The number of halogens is 1. The summed E-state index contributed by atoms with van der Waals surface area (Å²) in [5.74, 6) is 0.877. The Labute approximate surface area is 167 Å². The van der Waals surface area contributed by atoms with Gasteiger partial charge in [0, 0.05) is 12.1 Å². The number of carbonyl (C=O) groups excluding carboxylic acids is 1. The monoisotopic (exact) mass is 400 g/mol. The van der Waals surface area contributed by atoms with Crippen LogP contribution in [0.4, 0.5) is 0 Å². The van der Waals surface area contributed by atoms with Crippen molar-refractivity contribution in [1.29, 1.82) is 0 Å². The molecule has 1 aliphatic heterocycles. The second-order valence-electron chi connectivity index (χ2n) is 6.71. The first-order chi connectivity index (χ1) is 13.5. The molecule has 0 bridgehead atoms. The number of hydrogen-bond donors (Lipinski definition) is 0. The van der Waals surface area contributed by atoms with Crippen molar-refractivity contribution in [1.82, 2.24) is 29.5 Å². The summed E-state index contributed by atoms with van der Waals surface area (Å²) >= 11 is 6.11. The van der Waals surface area contributed by atoms with E-state index in [0.29, 0.717) is 41.1 Å². The van der Waals surface area contributed by atoms with Crippen LogP contribution in [-0.4, -0.2) is 55.5 Å². The summed E-state index contributed by atoms with van der Waals surface area (Å²) in [6, 6.07) is 5.27. The van der Waals surface area contributed by atoms with Gasteiger partial charge in [-0.3, -0.25) is 14.3 Å². The van der Waals surface area contributed by atoms with Crippen molar-refractivity contribution in [2.75, 3.05) is 20.1 Å². The van der Waals surface area contributed by atoms with Crippen LogP contribution < -0.4 is 0 Å². The normalized spacial score (nSPS) is 13.6. The highest BCUT2D eigenvalue weighted by molar-refractivity contribution is 6.31. The summed E-state index contributed by atoms with van der Waals surface area (Å²) in [6.07, 6.45) is 1.68. The fourth-order valence-electron chi connectivity index (χ4n) is 3.36. The molecular formula is C19H21ClN6O2. The van der Waals surface area contributed by atoms with Gasteiger partial charge in [-0.25, -0.2) is 4.98 Å². The van der Waals surface area contributed by atoms with Crippen LogP contribution in [0.25, 0.3) is 17.2 Å². The number of nitrogens with zero attached hydrogens (tertiary/aromatic N) is 6. The fraction of sp³-hybridized carbons (Fsp3) is 0.368. The molecule has 3 heterocycles. The molecule has 0 unspecified atom stereocenters. The van der Waals surface area contributed by atoms with E-state index in [9.17, 15) is 4.79 Å². The molecule has 0 spiro atoms. The van der Waals surface area contributed by atoms with Crippen LogP contribution in [0.3, 0.4) is 0 Å². The van der Waals surface area contributed by atoms with Crippen LogP contribution in [0.5, 0.6) is 0 Å². The molecule has 0 aliphatic carbocycles. The van der Waals surface area contributed by atoms with Gasteiger partial charge in [0.1, 0.15) is 12.0 Å². The molecule has 0 fully saturated rings. The average Bonchev–Trinajstić information content (AvgIpc) is 3.30. The number of benzene rings is 1. The molecule has 0 saturated heterocycles. The van der Waals surface area contributed by atoms with Crippen LogP contribution in [0.15, 0.2) is 29.0 Å². The van der Waals surface area contributed by atoms with E-state index in [2.05, 4.69) is 33.9 Å². The molecule has 8 nitrogen and oxygen atoms in total. The Bertz CT molecular complexity index is 1020. The third kappa shape index (κ3) is 3.18. The van der Waals surface area contributed by atoms with Gasteiger partial charge >= 0.3 is 0 Å². The molecule has 0 atom stereocenters. The zero-order valence-electron chi connectivity index (χ0n) is 16.0. The molecule has 1 aliphatic rings. The summed E-state index contributed by atoms with van der Waals surface area (Å²) in [5, 5.41) is 4.64. The number of fused-ring (bicyclic) bond motifs is 3. The lowest BCUT2D eigenvalue weighted by molar-refractivity contribution is 0.0788. The van der Waals surface area contributed by atoms with Crippen LogP contribution in [0.2, 0.25) is 5.02 Å². The molecule has 3 aromatic rings. The lowest BCUT2D eigenvalue weighted by Gasteiger charge is -2.14. The lowest BCUT2D eigenvalue weighted by Crippen LogP contribution is -2.25. The number of aromatic nitrogens is 4. The Morgan fingerprint density at radius 3 is 2.82 bits per heavy atom. The molecular weight excluding hydrogens is 380 g/mol. The van der Waals surface area contributed by atoms with Gasteiger partial charge in [0.2, 0.25) is 11.7 Å². The molecule has 0 N–H and O–H groups in total. The van der Waals surface area contributed by atoms with Crippen molar-refractivity contribution in [3.8, 4) is 17.2 Å². The third-order valence-electron chi connectivity index (χ3n) is 4.98. The zero-order chi connectivity index (χ0) is 19.8. The van der Waals surface area contributed by atoms with Gasteiger partial charge in [-0.1, -0.05) is 30.6 Å².